The van der Waals surface area contributed by atoms with Crippen LogP contribution in [0.4, 0.5) is 30.6 Å². The molecule has 5 heterocycles. The van der Waals surface area contributed by atoms with Crippen molar-refractivity contribution >= 4 is 45.6 Å². The number of fused-ring (bicyclic) bond motifs is 2. The van der Waals surface area contributed by atoms with Crippen molar-refractivity contribution in [2.75, 3.05) is 41.8 Å². The molecule has 1 aromatic carbocycles. The zero-order valence-electron chi connectivity index (χ0n) is 20.8. The predicted octanol–water partition coefficient (Wildman–Crippen LogP) is 3.15. The Bertz CT molecular complexity index is 1720. The molecule has 0 bridgehead atoms. The van der Waals surface area contributed by atoms with Crippen LogP contribution in [0.5, 0.6) is 0 Å². The number of nitrogens with zero attached hydrogens (tertiary/aromatic N) is 8. The lowest BCUT2D eigenvalue weighted by atomic mass is 10.2. The van der Waals surface area contributed by atoms with E-state index in [-0.39, 0.29) is 6.54 Å². The Morgan fingerprint density at radius 3 is 2.77 bits per heavy atom. The highest BCUT2D eigenvalue weighted by Crippen LogP contribution is 2.26. The van der Waals surface area contributed by atoms with Crippen molar-refractivity contribution < 1.29 is 22.7 Å². The van der Waals surface area contributed by atoms with Gasteiger partial charge in [-0.15, -0.1) is 0 Å². The number of hydrogen-bond acceptors (Lipinski definition) is 9. The summed E-state index contributed by atoms with van der Waals surface area (Å²) in [5.74, 6) is -0.612. The average Bonchev–Trinajstić information content (AvgIpc) is 3.69. The van der Waals surface area contributed by atoms with Gasteiger partial charge in [-0.3, -0.25) is 9.36 Å². The number of ether oxygens (including phenoxy) is 1. The second-order valence-electron chi connectivity index (χ2n) is 8.84. The van der Waals surface area contributed by atoms with E-state index in [0.29, 0.717) is 82.1 Å². The number of halogens is 3. The van der Waals surface area contributed by atoms with Crippen molar-refractivity contribution in [3.63, 3.8) is 0 Å². The number of H-pyrrole nitrogens is 1. The Morgan fingerprint density at radius 1 is 1.20 bits per heavy atom. The molecule has 0 saturated carbocycles. The van der Waals surface area contributed by atoms with Gasteiger partial charge in [-0.05, 0) is 18.2 Å². The van der Waals surface area contributed by atoms with Crippen molar-refractivity contribution in [3.8, 4) is 5.69 Å². The number of anilines is 3. The fourth-order valence-corrected chi connectivity index (χ4v) is 4.25. The minimum Gasteiger partial charge on any atom is -0.378 e. The Kier molecular flexibility index (Phi) is 6.51. The van der Waals surface area contributed by atoms with Crippen LogP contribution in [0.1, 0.15) is 12.4 Å². The van der Waals surface area contributed by atoms with Crippen LogP contribution in [0.3, 0.4) is 0 Å². The molecule has 0 radical (unpaired) electrons. The number of morpholine rings is 1. The summed E-state index contributed by atoms with van der Waals surface area (Å²) in [6.07, 6.45) is 4.00. The number of rotatable bonds is 8. The smallest absolute Gasteiger partial charge is 0.333 e. The molecule has 0 spiro atoms. The maximum atomic E-state index is 13.1. The van der Waals surface area contributed by atoms with Gasteiger partial charge in [0.25, 0.3) is 5.91 Å². The van der Waals surface area contributed by atoms with E-state index in [9.17, 15) is 18.0 Å². The summed E-state index contributed by atoms with van der Waals surface area (Å²) < 4.78 is 46.9. The monoisotopic (exact) mass is 553 g/mol. The normalized spacial score (nSPS) is 13.8. The van der Waals surface area contributed by atoms with Crippen molar-refractivity contribution in [3.05, 3.63) is 55.2 Å². The highest BCUT2D eigenvalue weighted by Gasteiger charge is 2.21. The lowest BCUT2D eigenvalue weighted by molar-refractivity contribution is -0.114. The van der Waals surface area contributed by atoms with Gasteiger partial charge in [0.1, 0.15) is 12.2 Å². The first kappa shape index (κ1) is 25.3. The molecule has 0 aliphatic carbocycles. The molecule has 5 aromatic rings. The molecule has 0 unspecified atom stereocenters. The second kappa shape index (κ2) is 10.3. The lowest BCUT2D eigenvalue weighted by Gasteiger charge is -2.27. The number of aromatic amines is 1. The van der Waals surface area contributed by atoms with E-state index in [0.717, 1.165) is 0 Å². The van der Waals surface area contributed by atoms with Crippen LogP contribution in [0.2, 0.25) is 0 Å². The highest BCUT2D eigenvalue weighted by molar-refractivity contribution is 6.02. The Hall–Kier alpha value is -4.99. The molecule has 6 rings (SSSR count). The van der Waals surface area contributed by atoms with Crippen LogP contribution in [0, 0.1) is 0 Å². The molecule has 206 valence electrons. The molecule has 16 heteroatoms. The molecule has 1 aliphatic rings. The van der Waals surface area contributed by atoms with Crippen LogP contribution in [0.25, 0.3) is 27.9 Å². The first-order valence-corrected chi connectivity index (χ1v) is 12.1. The lowest BCUT2D eigenvalue weighted by Crippen LogP contribution is -2.37. The quantitative estimate of drug-likeness (QED) is 0.247. The minimum atomic E-state index is -2.78. The van der Waals surface area contributed by atoms with Crippen LogP contribution >= 0.6 is 0 Å². The van der Waals surface area contributed by atoms with Gasteiger partial charge in [-0.25, -0.2) is 19.0 Å². The third-order valence-corrected chi connectivity index (χ3v) is 6.20. The third kappa shape index (κ3) is 4.91. The second-order valence-corrected chi connectivity index (χ2v) is 8.84. The number of alkyl halides is 2. The first-order chi connectivity index (χ1) is 19.4. The van der Waals surface area contributed by atoms with E-state index in [1.165, 1.54) is 18.7 Å². The number of carbonyl (C=O) groups excluding carboxylic acids is 1. The molecule has 40 heavy (non-hydrogen) atoms. The number of hydrogen-bond donors (Lipinski definition) is 3. The molecule has 4 aromatic heterocycles. The van der Waals surface area contributed by atoms with Gasteiger partial charge in [-0.1, -0.05) is 6.58 Å². The van der Waals surface area contributed by atoms with Gasteiger partial charge >= 0.3 is 6.55 Å². The van der Waals surface area contributed by atoms with Crippen LogP contribution < -0.4 is 15.5 Å². The van der Waals surface area contributed by atoms with Gasteiger partial charge in [-0.2, -0.15) is 23.8 Å². The maximum absolute atomic E-state index is 13.1. The molecule has 1 amide bonds. The molecule has 1 aliphatic heterocycles. The molecule has 13 nitrogen and oxygen atoms in total. The SMILES string of the molecule is C=C(F)C(=O)Nc1ccc2[nH]c(CNc3nc(N4CCOCC4)nc4c3ncn4-c3cnn(C(F)F)c3)nc2c1. The number of nitrogens with one attached hydrogen (secondary N) is 3. The molecule has 0 atom stereocenters. The number of carbonyl (C=O) groups is 1. The molecular formula is C24H22F3N11O2. The largest absolute Gasteiger partial charge is 0.378 e. The van der Waals surface area contributed by atoms with Gasteiger partial charge in [0.05, 0.1) is 48.9 Å². The van der Waals surface area contributed by atoms with Crippen molar-refractivity contribution in [2.45, 2.75) is 13.1 Å². The minimum absolute atomic E-state index is 0.225. The fourth-order valence-electron chi connectivity index (χ4n) is 4.25. The highest BCUT2D eigenvalue weighted by atomic mass is 19.3. The summed E-state index contributed by atoms with van der Waals surface area (Å²) in [6.45, 7) is 2.64. The van der Waals surface area contributed by atoms with E-state index >= 15 is 0 Å². The Labute approximate surface area is 223 Å². The van der Waals surface area contributed by atoms with E-state index in [2.05, 4.69) is 42.2 Å². The molecule has 1 saturated heterocycles. The number of imidazole rings is 2. The Morgan fingerprint density at radius 2 is 2.02 bits per heavy atom. The molecule has 3 N–H and O–H groups in total. The summed E-state index contributed by atoms with van der Waals surface area (Å²) in [5, 5.41) is 9.37. The number of amides is 1. The summed E-state index contributed by atoms with van der Waals surface area (Å²) in [6, 6.07) is 4.93. The van der Waals surface area contributed by atoms with Crippen molar-refractivity contribution in [1.82, 2.24) is 39.3 Å². The maximum Gasteiger partial charge on any atom is 0.333 e. The molecule has 1 fully saturated rings. The van der Waals surface area contributed by atoms with E-state index < -0.39 is 18.3 Å². The van der Waals surface area contributed by atoms with E-state index in [4.69, 9.17) is 9.72 Å². The van der Waals surface area contributed by atoms with Crippen molar-refractivity contribution in [2.24, 2.45) is 0 Å². The fraction of sp³-hybridized carbons (Fsp3) is 0.250. The van der Waals surface area contributed by atoms with E-state index in [1.54, 1.807) is 22.8 Å². The van der Waals surface area contributed by atoms with Crippen LogP contribution in [0.15, 0.2) is 49.3 Å². The predicted molar refractivity (Wildman–Crippen MR) is 139 cm³/mol. The van der Waals surface area contributed by atoms with Gasteiger partial charge in [0.15, 0.2) is 22.8 Å². The summed E-state index contributed by atoms with van der Waals surface area (Å²) >= 11 is 0. The van der Waals surface area contributed by atoms with E-state index in [1.807, 2.05) is 4.90 Å². The van der Waals surface area contributed by atoms with Gasteiger partial charge < -0.3 is 25.3 Å². The standard InChI is InChI=1S/C24H22F3N11O2/c1-13(25)22(39)31-14-2-3-16-17(8-14)33-18(32-16)10-28-20-19-21(35-24(34-20)36-4-6-40-7-5-36)37(12-29-19)15-9-30-38(11-15)23(26)27/h2-3,8-9,11-12,23H,1,4-7,10H2,(H,31,39)(H,32,33)(H,28,34,35). The summed E-state index contributed by atoms with van der Waals surface area (Å²) in [5.41, 5.74) is 2.84. The van der Waals surface area contributed by atoms with Gasteiger partial charge in [0, 0.05) is 18.8 Å². The first-order valence-electron chi connectivity index (χ1n) is 12.1. The van der Waals surface area contributed by atoms with Crippen molar-refractivity contribution in [1.29, 1.82) is 0 Å². The summed E-state index contributed by atoms with van der Waals surface area (Å²) in [7, 11) is 0. The summed E-state index contributed by atoms with van der Waals surface area (Å²) in [4.78, 5) is 35.1. The Balaban J connectivity index is 1.31. The topological polar surface area (TPSA) is 144 Å². The van der Waals surface area contributed by atoms with Crippen LogP contribution in [-0.2, 0) is 16.1 Å². The molecular weight excluding hydrogens is 531 g/mol. The zero-order chi connectivity index (χ0) is 27.8. The number of aromatic nitrogens is 8. The third-order valence-electron chi connectivity index (χ3n) is 6.20. The van der Waals surface area contributed by atoms with Gasteiger partial charge in [0.2, 0.25) is 5.95 Å². The number of benzene rings is 1. The average molecular weight is 554 g/mol. The van der Waals surface area contributed by atoms with Crippen LogP contribution in [-0.4, -0.2) is 71.5 Å². The zero-order valence-corrected chi connectivity index (χ0v) is 20.8.